The Bertz CT molecular complexity index is 5110. The Kier molecular flexibility index (Phi) is 24.0. The summed E-state index contributed by atoms with van der Waals surface area (Å²) >= 11 is 1.71. The lowest BCUT2D eigenvalue weighted by molar-refractivity contribution is -0.661. The molecule has 512 valence electrons. The van der Waals surface area contributed by atoms with Gasteiger partial charge in [0.25, 0.3) is 12.2 Å². The smallest absolute Gasteiger partial charge is 0.422 e. The highest BCUT2D eigenvalue weighted by Crippen LogP contribution is 2.38. The van der Waals surface area contributed by atoms with Crippen LogP contribution < -0.4 is 27.6 Å². The number of pyridine rings is 5. The number of allylic oxidation sites excluding steroid dienone is 2. The van der Waals surface area contributed by atoms with Crippen LogP contribution in [0.2, 0.25) is 0 Å². The average Bonchev–Trinajstić information content (AvgIpc) is 1.49. The number of hydrogen-bond acceptors (Lipinski definition) is 8. The molecule has 12 aromatic rings. The van der Waals surface area contributed by atoms with Crippen molar-refractivity contribution in [2.24, 2.45) is 35.2 Å². The van der Waals surface area contributed by atoms with Crippen molar-refractivity contribution in [3.8, 4) is 73.2 Å². The highest BCUT2D eigenvalue weighted by molar-refractivity contribution is 7.19. The number of ketones is 2. The Labute approximate surface area is 587 Å². The molecule has 0 amide bonds. The molecule has 0 spiro atoms. The number of ether oxygens (including phenoxy) is 2. The zero-order valence-electron chi connectivity index (χ0n) is 57.8. The van der Waals surface area contributed by atoms with E-state index in [9.17, 15) is 46.5 Å². The predicted molar refractivity (Wildman–Crippen MR) is 381 cm³/mol. The zero-order valence-corrected chi connectivity index (χ0v) is 58.6. The first-order valence-corrected chi connectivity index (χ1v) is 33.0. The maximum atomic E-state index is 13.4. The number of benzene rings is 6. The monoisotopic (exact) mass is 1380 g/mol. The van der Waals surface area contributed by atoms with E-state index >= 15 is 0 Å². The molecule has 0 saturated heterocycles. The summed E-state index contributed by atoms with van der Waals surface area (Å²) in [5.74, 6) is -0.549. The van der Waals surface area contributed by atoms with Gasteiger partial charge in [-0.25, -0.2) is 31.6 Å². The van der Waals surface area contributed by atoms with Crippen LogP contribution in [0.25, 0.3) is 77.5 Å². The minimum absolute atomic E-state index is 0.118. The first-order chi connectivity index (χ1) is 48.3. The zero-order chi connectivity index (χ0) is 72.8. The van der Waals surface area contributed by atoms with Crippen molar-refractivity contribution in [2.45, 2.75) is 54.3 Å². The predicted octanol–water partition coefficient (Wildman–Crippen LogP) is 16.5. The van der Waals surface area contributed by atoms with Gasteiger partial charge >= 0.3 is 6.18 Å². The molecular weight excluding hydrogens is 1310 g/mol. The van der Waals surface area contributed by atoms with Crippen molar-refractivity contribution < 1.29 is 73.6 Å². The third kappa shape index (κ3) is 17.8. The number of aromatic nitrogens is 5. The van der Waals surface area contributed by atoms with Crippen LogP contribution in [0.4, 0.5) is 27.6 Å². The van der Waals surface area contributed by atoms with Gasteiger partial charge < -0.3 is 9.47 Å². The lowest BCUT2D eigenvalue weighted by Gasteiger charge is -2.13. The Morgan fingerprint density at radius 3 is 1.75 bits per heavy atom. The molecule has 0 fully saturated rings. The number of aryl methyl sites for hydroxylation is 9. The van der Waals surface area contributed by atoms with Gasteiger partial charge in [-0.3, -0.25) is 24.5 Å². The van der Waals surface area contributed by atoms with E-state index in [0.29, 0.717) is 41.0 Å². The number of hydrogen-bond donors (Lipinski definition) is 0. The van der Waals surface area contributed by atoms with Crippen molar-refractivity contribution in [1.29, 1.82) is 0 Å². The normalized spacial score (nSPS) is 11.4. The standard InChI is InChI=1S/C19H18NO3.C19H18N.C16H15F3NO2.C15H13N2O2S.C13H12F2N/c1-4-23-13-7-8-20(3)17(10-13)14-11-16-15(9-12(14)2)18(21)5-6-19(16)22;1-15-14-17(16-8-4-3-5-9-16)11-12-18(15)19-10-6-7-13-20(19)2;1-11-3-4-12(9-22-10-21)7-14(11)15-6-5-13(8-20(15)2)16(17,18)19;1-10-15(12-5-3-4-6-14(12)20-10)13-9-11(17(18)19)7-8-16(13)2;1-9-11(7-10(14)8-12(9)15)13-5-3-4-6-16(13)2/h5-11H,4H2,1-3H3;3-14H,1-2H3;3-8,10H,9H2,1-2H3;3-9H,1-2H3;3-8H,1-2H3/q5*+1. The van der Waals surface area contributed by atoms with E-state index in [1.165, 1.54) is 72.4 Å². The van der Waals surface area contributed by atoms with Crippen LogP contribution in [-0.4, -0.2) is 29.6 Å². The number of fused-ring (bicyclic) bond motifs is 2. The van der Waals surface area contributed by atoms with Gasteiger partial charge in [0, 0.05) is 85.2 Å². The van der Waals surface area contributed by atoms with Crippen molar-refractivity contribution in [2.75, 3.05) is 6.61 Å². The van der Waals surface area contributed by atoms with Gasteiger partial charge in [-0.05, 0) is 147 Å². The summed E-state index contributed by atoms with van der Waals surface area (Å²) in [6, 6.07) is 58.0. The molecule has 19 heteroatoms. The number of halogens is 5. The minimum Gasteiger partial charge on any atom is -0.493 e. The molecule has 6 aromatic heterocycles. The van der Waals surface area contributed by atoms with E-state index in [1.54, 1.807) is 55.8 Å². The van der Waals surface area contributed by atoms with Crippen molar-refractivity contribution >= 4 is 45.1 Å². The molecule has 0 radical (unpaired) electrons. The number of thiophene rings is 1. The highest BCUT2D eigenvalue weighted by Gasteiger charge is 2.34. The van der Waals surface area contributed by atoms with Crippen LogP contribution >= 0.6 is 11.3 Å². The Morgan fingerprint density at radius 1 is 0.525 bits per heavy atom. The molecular formula is C82H76F5N6O7S+5. The number of carbonyl (C=O) groups is 3. The van der Waals surface area contributed by atoms with Gasteiger partial charge in [0.1, 0.15) is 64.8 Å². The molecule has 0 unspecified atom stereocenters. The van der Waals surface area contributed by atoms with Gasteiger partial charge in [0.15, 0.2) is 42.6 Å². The molecule has 0 N–H and O–H groups in total. The second kappa shape index (κ2) is 32.9. The molecule has 0 bridgehead atoms. The van der Waals surface area contributed by atoms with Gasteiger partial charge in [0.2, 0.25) is 28.5 Å². The second-order valence-corrected chi connectivity index (χ2v) is 25.3. The maximum absolute atomic E-state index is 13.4. The fourth-order valence-corrected chi connectivity index (χ4v) is 12.8. The molecule has 1 aliphatic carbocycles. The Hall–Kier alpha value is -11.6. The second-order valence-electron chi connectivity index (χ2n) is 24.1. The number of alkyl halides is 3. The number of rotatable bonds is 12. The number of nitro groups is 1. The van der Waals surface area contributed by atoms with Crippen LogP contribution in [-0.2, 0) is 57.6 Å². The summed E-state index contributed by atoms with van der Waals surface area (Å²) in [5.41, 5.74) is 16.4. The highest BCUT2D eigenvalue weighted by atomic mass is 32.1. The van der Waals surface area contributed by atoms with Crippen LogP contribution in [0, 0.1) is 56.4 Å². The quantitative estimate of drug-likeness (QED) is 0.0391. The Balaban J connectivity index is 0.000000148. The van der Waals surface area contributed by atoms with E-state index in [1.807, 2.05) is 123 Å². The molecule has 13 rings (SSSR count). The molecule has 6 aromatic carbocycles. The lowest BCUT2D eigenvalue weighted by Crippen LogP contribution is -2.32. The molecule has 101 heavy (non-hydrogen) atoms. The third-order valence-corrected chi connectivity index (χ3v) is 18.1. The topological polar surface area (TPSA) is 132 Å². The maximum Gasteiger partial charge on any atom is 0.422 e. The van der Waals surface area contributed by atoms with Gasteiger partial charge in [-0.1, -0.05) is 72.8 Å². The lowest BCUT2D eigenvalue weighted by atomic mass is 9.89. The number of carbonyl (C=O) groups excluding carboxylic acids is 3. The van der Waals surface area contributed by atoms with E-state index in [-0.39, 0.29) is 28.8 Å². The van der Waals surface area contributed by atoms with Gasteiger partial charge in [-0.15, -0.1) is 11.3 Å². The van der Waals surface area contributed by atoms with E-state index in [0.717, 1.165) is 79.9 Å². The summed E-state index contributed by atoms with van der Waals surface area (Å²) in [4.78, 5) is 46.1. The van der Waals surface area contributed by atoms with Gasteiger partial charge in [-0.2, -0.15) is 13.2 Å². The van der Waals surface area contributed by atoms with Crippen LogP contribution in [0.1, 0.15) is 65.9 Å². The van der Waals surface area contributed by atoms with E-state index in [2.05, 4.69) is 111 Å². The van der Waals surface area contributed by atoms with Crippen molar-refractivity contribution in [3.63, 3.8) is 0 Å². The van der Waals surface area contributed by atoms with Gasteiger partial charge in [0.05, 0.1) is 40.9 Å². The molecule has 13 nitrogen and oxygen atoms in total. The fraction of sp³-hybridized carbons (Fsp3) is 0.171. The average molecular weight is 1380 g/mol. The summed E-state index contributed by atoms with van der Waals surface area (Å²) in [6.45, 7) is 12.7. The summed E-state index contributed by atoms with van der Waals surface area (Å²) in [5, 5.41) is 12.1. The van der Waals surface area contributed by atoms with Crippen LogP contribution in [0.15, 0.2) is 231 Å². The minimum atomic E-state index is -4.37. The van der Waals surface area contributed by atoms with Crippen LogP contribution in [0.3, 0.4) is 0 Å². The fourth-order valence-electron chi connectivity index (χ4n) is 11.7. The van der Waals surface area contributed by atoms with Crippen molar-refractivity contribution in [1.82, 2.24) is 0 Å². The molecule has 0 atom stereocenters. The summed E-state index contributed by atoms with van der Waals surface area (Å²) in [6.07, 6.45) is 6.94. The molecule has 6 heterocycles. The molecule has 0 saturated carbocycles. The Morgan fingerprint density at radius 2 is 1.12 bits per heavy atom. The third-order valence-electron chi connectivity index (χ3n) is 17.0. The largest absolute Gasteiger partial charge is 0.493 e. The first kappa shape index (κ1) is 73.7. The first-order valence-electron chi connectivity index (χ1n) is 32.2. The summed E-state index contributed by atoms with van der Waals surface area (Å²) in [7, 11) is 9.35. The number of nitrogens with zero attached hydrogens (tertiary/aromatic N) is 6. The van der Waals surface area contributed by atoms with Crippen molar-refractivity contribution in [3.05, 3.63) is 302 Å². The van der Waals surface area contributed by atoms with E-state index in [4.69, 9.17) is 9.47 Å². The molecule has 0 aliphatic heterocycles. The molecule has 1 aliphatic rings. The van der Waals surface area contributed by atoms with E-state index < -0.39 is 23.4 Å². The summed E-state index contributed by atoms with van der Waals surface area (Å²) < 4.78 is 85.6. The SMILES string of the molecule is CCOc1cc[n+](C)c(-c2cc3c(cc2C)C(=O)C=CC3=O)c1.Cc1c(F)cc(F)cc1-c1cccc[n+]1C.Cc1cc(-c2ccccc2)ccc1-c1cccc[n+]1C.Cc1ccc(COC=O)cc1-c1ccc(C(F)(F)F)c[n+]1C.Cc1sc2ccccc2c1-c1cc([N+](=O)[O-])cc[n+]1C. The van der Waals surface area contributed by atoms with Crippen LogP contribution in [0.5, 0.6) is 5.75 Å².